The van der Waals surface area contributed by atoms with E-state index in [0.29, 0.717) is 26.2 Å². The van der Waals surface area contributed by atoms with Crippen LogP contribution in [-0.4, -0.2) is 77.6 Å². The molecule has 3 aliphatic rings. The van der Waals surface area contributed by atoms with Crippen LogP contribution in [0.15, 0.2) is 0 Å². The van der Waals surface area contributed by atoms with E-state index in [4.69, 9.17) is 4.74 Å². The predicted molar refractivity (Wildman–Crippen MR) is 77.5 cm³/mol. The third-order valence-electron chi connectivity index (χ3n) is 5.05. The SMILES string of the molecule is CC(C)(C(=O)N1CCC(=O)N2CCCC21)N1CCOCC1. The van der Waals surface area contributed by atoms with Crippen molar-refractivity contribution in [1.82, 2.24) is 14.7 Å². The van der Waals surface area contributed by atoms with Crippen LogP contribution in [-0.2, 0) is 14.3 Å². The highest BCUT2D eigenvalue weighted by atomic mass is 16.5. The van der Waals surface area contributed by atoms with E-state index in [-0.39, 0.29) is 18.0 Å². The Balaban J connectivity index is 1.75. The topological polar surface area (TPSA) is 53.1 Å². The average Bonchev–Trinajstić information content (AvgIpc) is 2.98. The van der Waals surface area contributed by atoms with Crippen LogP contribution in [0.3, 0.4) is 0 Å². The van der Waals surface area contributed by atoms with Crippen LogP contribution < -0.4 is 0 Å². The van der Waals surface area contributed by atoms with Crippen LogP contribution >= 0.6 is 0 Å². The summed E-state index contributed by atoms with van der Waals surface area (Å²) in [5.41, 5.74) is -0.529. The molecule has 1 atom stereocenters. The maximum Gasteiger partial charge on any atom is 0.244 e. The van der Waals surface area contributed by atoms with Gasteiger partial charge in [0.15, 0.2) is 0 Å². The third-order valence-corrected chi connectivity index (χ3v) is 5.05. The summed E-state index contributed by atoms with van der Waals surface area (Å²) >= 11 is 0. The molecule has 3 aliphatic heterocycles. The molecule has 0 bridgehead atoms. The van der Waals surface area contributed by atoms with Gasteiger partial charge in [-0.2, -0.15) is 0 Å². The van der Waals surface area contributed by atoms with Crippen molar-refractivity contribution in [2.45, 2.75) is 44.8 Å². The molecule has 3 saturated heterocycles. The second-order valence-corrected chi connectivity index (χ2v) is 6.62. The fraction of sp³-hybridized carbons (Fsp3) is 0.867. The van der Waals surface area contributed by atoms with Gasteiger partial charge in [0, 0.05) is 32.6 Å². The monoisotopic (exact) mass is 295 g/mol. The molecule has 0 spiro atoms. The van der Waals surface area contributed by atoms with Crippen LogP contribution in [0, 0.1) is 0 Å². The summed E-state index contributed by atoms with van der Waals surface area (Å²) in [7, 11) is 0. The standard InChI is InChI=1S/C15H25N3O3/c1-15(2,16-8-10-21-11-9-16)14(20)18-7-5-13(19)17-6-3-4-12(17)18/h12H,3-11H2,1-2H3. The minimum absolute atomic E-state index is 0.0148. The molecule has 118 valence electrons. The van der Waals surface area contributed by atoms with Crippen molar-refractivity contribution in [1.29, 1.82) is 0 Å². The predicted octanol–water partition coefficient (Wildman–Crippen LogP) is 0.278. The molecule has 6 heteroatoms. The van der Waals surface area contributed by atoms with Crippen molar-refractivity contribution >= 4 is 11.8 Å². The largest absolute Gasteiger partial charge is 0.379 e. The van der Waals surface area contributed by atoms with Crippen LogP contribution in [0.1, 0.15) is 33.1 Å². The first-order valence-electron chi connectivity index (χ1n) is 7.95. The zero-order valence-corrected chi connectivity index (χ0v) is 13.0. The lowest BCUT2D eigenvalue weighted by molar-refractivity contribution is -0.159. The molecular weight excluding hydrogens is 270 g/mol. The molecule has 0 N–H and O–H groups in total. The Morgan fingerprint density at radius 2 is 1.90 bits per heavy atom. The Morgan fingerprint density at radius 1 is 1.19 bits per heavy atom. The molecule has 0 aromatic heterocycles. The van der Waals surface area contributed by atoms with Crippen LogP contribution in [0.5, 0.6) is 0 Å². The summed E-state index contributed by atoms with van der Waals surface area (Å²) < 4.78 is 5.38. The second kappa shape index (κ2) is 5.57. The maximum atomic E-state index is 13.1. The number of nitrogens with zero attached hydrogens (tertiary/aromatic N) is 3. The molecule has 0 aromatic rings. The molecule has 0 aliphatic carbocycles. The highest BCUT2D eigenvalue weighted by Crippen LogP contribution is 2.29. The van der Waals surface area contributed by atoms with Crippen molar-refractivity contribution in [3.63, 3.8) is 0 Å². The summed E-state index contributed by atoms with van der Waals surface area (Å²) in [4.78, 5) is 31.1. The molecule has 0 radical (unpaired) electrons. The van der Waals surface area contributed by atoms with Crippen LogP contribution in [0.25, 0.3) is 0 Å². The molecule has 3 heterocycles. The van der Waals surface area contributed by atoms with E-state index in [2.05, 4.69) is 4.90 Å². The Hall–Kier alpha value is -1.14. The first kappa shape index (κ1) is 14.8. The van der Waals surface area contributed by atoms with Gasteiger partial charge >= 0.3 is 0 Å². The molecule has 0 aromatic carbocycles. The minimum atomic E-state index is -0.529. The Morgan fingerprint density at radius 3 is 2.62 bits per heavy atom. The lowest BCUT2D eigenvalue weighted by Crippen LogP contribution is -2.64. The molecule has 2 amide bonds. The van der Waals surface area contributed by atoms with Gasteiger partial charge in [-0.15, -0.1) is 0 Å². The molecule has 6 nitrogen and oxygen atoms in total. The Labute approximate surface area is 126 Å². The van der Waals surface area contributed by atoms with E-state index < -0.39 is 5.54 Å². The minimum Gasteiger partial charge on any atom is -0.379 e. The van der Waals surface area contributed by atoms with E-state index in [1.54, 1.807) is 0 Å². The van der Waals surface area contributed by atoms with E-state index >= 15 is 0 Å². The molecule has 1 unspecified atom stereocenters. The number of ether oxygens (including phenoxy) is 1. The number of rotatable bonds is 2. The van der Waals surface area contributed by atoms with Crippen molar-refractivity contribution in [3.8, 4) is 0 Å². The number of hydrogen-bond donors (Lipinski definition) is 0. The molecule has 0 saturated carbocycles. The quantitative estimate of drug-likeness (QED) is 0.734. The van der Waals surface area contributed by atoms with Crippen molar-refractivity contribution < 1.29 is 14.3 Å². The number of amides is 2. The van der Waals surface area contributed by atoms with E-state index in [0.717, 1.165) is 32.5 Å². The number of carbonyl (C=O) groups is 2. The van der Waals surface area contributed by atoms with Gasteiger partial charge in [-0.25, -0.2) is 0 Å². The molecule has 3 rings (SSSR count). The van der Waals surface area contributed by atoms with Gasteiger partial charge in [0.1, 0.15) is 6.17 Å². The smallest absolute Gasteiger partial charge is 0.244 e. The maximum absolute atomic E-state index is 13.1. The zero-order chi connectivity index (χ0) is 15.0. The van der Waals surface area contributed by atoms with E-state index in [1.165, 1.54) is 0 Å². The van der Waals surface area contributed by atoms with Crippen molar-refractivity contribution in [3.05, 3.63) is 0 Å². The highest BCUT2D eigenvalue weighted by molar-refractivity contribution is 5.88. The van der Waals surface area contributed by atoms with Gasteiger partial charge in [-0.3, -0.25) is 14.5 Å². The summed E-state index contributed by atoms with van der Waals surface area (Å²) in [5.74, 6) is 0.347. The lowest BCUT2D eigenvalue weighted by atomic mass is 9.98. The van der Waals surface area contributed by atoms with E-state index in [1.807, 2.05) is 23.6 Å². The fourth-order valence-corrected chi connectivity index (χ4v) is 3.72. The molecular formula is C15H25N3O3. The number of carbonyl (C=O) groups excluding carboxylic acids is 2. The number of morpholine rings is 1. The van der Waals surface area contributed by atoms with Gasteiger partial charge < -0.3 is 14.5 Å². The highest BCUT2D eigenvalue weighted by Gasteiger charge is 2.45. The van der Waals surface area contributed by atoms with Crippen LogP contribution in [0.4, 0.5) is 0 Å². The van der Waals surface area contributed by atoms with Crippen LogP contribution in [0.2, 0.25) is 0 Å². The number of fused-ring (bicyclic) bond motifs is 1. The number of hydrogen-bond acceptors (Lipinski definition) is 4. The Kier molecular flexibility index (Phi) is 3.92. The first-order valence-corrected chi connectivity index (χ1v) is 7.95. The lowest BCUT2D eigenvalue weighted by Gasteiger charge is -2.46. The fourth-order valence-electron chi connectivity index (χ4n) is 3.72. The van der Waals surface area contributed by atoms with Gasteiger partial charge in [-0.05, 0) is 26.7 Å². The summed E-state index contributed by atoms with van der Waals surface area (Å²) in [6, 6.07) is 0. The first-order chi connectivity index (χ1) is 10.0. The second-order valence-electron chi connectivity index (χ2n) is 6.62. The summed E-state index contributed by atoms with van der Waals surface area (Å²) in [5, 5.41) is 0. The van der Waals surface area contributed by atoms with Gasteiger partial charge in [0.2, 0.25) is 11.8 Å². The van der Waals surface area contributed by atoms with Gasteiger partial charge in [-0.1, -0.05) is 0 Å². The molecule has 3 fully saturated rings. The Bertz CT molecular complexity index is 432. The van der Waals surface area contributed by atoms with Gasteiger partial charge in [0.05, 0.1) is 18.8 Å². The molecule has 21 heavy (non-hydrogen) atoms. The third kappa shape index (κ3) is 2.55. The average molecular weight is 295 g/mol. The van der Waals surface area contributed by atoms with E-state index in [9.17, 15) is 9.59 Å². The van der Waals surface area contributed by atoms with Crippen molar-refractivity contribution in [2.75, 3.05) is 39.4 Å². The summed E-state index contributed by atoms with van der Waals surface area (Å²) in [6.07, 6.45) is 2.36. The normalized spacial score (nSPS) is 27.9. The summed E-state index contributed by atoms with van der Waals surface area (Å²) in [6.45, 7) is 8.31. The van der Waals surface area contributed by atoms with Crippen molar-refractivity contribution in [2.24, 2.45) is 0 Å². The zero-order valence-electron chi connectivity index (χ0n) is 13.0. The van der Waals surface area contributed by atoms with Gasteiger partial charge in [0.25, 0.3) is 0 Å².